The highest BCUT2D eigenvalue weighted by molar-refractivity contribution is 5.96. The van der Waals surface area contributed by atoms with Gasteiger partial charge in [-0.25, -0.2) is 0 Å². The van der Waals surface area contributed by atoms with Crippen LogP contribution in [0.4, 0.5) is 0 Å². The zero-order chi connectivity index (χ0) is 17.3. The molecular formula is C20H28O4. The summed E-state index contributed by atoms with van der Waals surface area (Å²) in [6.07, 6.45) is 1.83. The third kappa shape index (κ3) is 1.15. The molecule has 0 bridgehead atoms. The van der Waals surface area contributed by atoms with Gasteiger partial charge in [-0.05, 0) is 44.1 Å². The molecule has 8 atom stereocenters. The van der Waals surface area contributed by atoms with Crippen LogP contribution in [-0.4, -0.2) is 40.9 Å². The van der Waals surface area contributed by atoms with Gasteiger partial charge in [-0.2, -0.15) is 0 Å². The summed E-state index contributed by atoms with van der Waals surface area (Å²) in [4.78, 5) is 13.4. The first kappa shape index (κ1) is 15.5. The Hall–Kier alpha value is -0.710. The molecule has 0 amide bonds. The molecule has 2 N–H and O–H groups in total. The second-order valence-corrected chi connectivity index (χ2v) is 9.73. The minimum absolute atomic E-state index is 0.0703. The van der Waals surface area contributed by atoms with Crippen molar-refractivity contribution in [2.75, 3.05) is 6.61 Å². The van der Waals surface area contributed by atoms with Crippen molar-refractivity contribution in [1.29, 1.82) is 0 Å². The van der Waals surface area contributed by atoms with E-state index < -0.39 is 17.6 Å². The van der Waals surface area contributed by atoms with E-state index in [0.29, 0.717) is 18.9 Å². The Balaban J connectivity index is 1.83. The van der Waals surface area contributed by atoms with Gasteiger partial charge in [0.2, 0.25) is 0 Å². The lowest BCUT2D eigenvalue weighted by Crippen LogP contribution is -2.85. The smallest absolute Gasteiger partial charge is 0.174 e. The normalized spacial score (nSPS) is 61.3. The number of aliphatic hydroxyl groups is 2. The molecule has 4 heteroatoms. The SMILES string of the molecule is CC1=C2[C@@H](O)C(=O)[C@]3(C)[C@@H](O)C[C@H]4OC[C@H]4C34C[C@](C)(CC1)[C@]24C. The van der Waals surface area contributed by atoms with Crippen molar-refractivity contribution in [3.05, 3.63) is 11.1 Å². The van der Waals surface area contributed by atoms with Crippen LogP contribution < -0.4 is 0 Å². The van der Waals surface area contributed by atoms with E-state index in [9.17, 15) is 15.0 Å². The number of Topliss-reactive ketones (excluding diaryl/α,β-unsaturated/α-hetero) is 1. The van der Waals surface area contributed by atoms with Crippen molar-refractivity contribution in [1.82, 2.24) is 0 Å². The largest absolute Gasteiger partial charge is 0.392 e. The third-order valence-corrected chi connectivity index (χ3v) is 9.47. The molecule has 132 valence electrons. The average molecular weight is 332 g/mol. The fourth-order valence-electron chi connectivity index (χ4n) is 8.00. The second kappa shape index (κ2) is 3.99. The fourth-order valence-corrected chi connectivity index (χ4v) is 8.00. The Morgan fingerprint density at radius 3 is 2.54 bits per heavy atom. The van der Waals surface area contributed by atoms with Gasteiger partial charge in [0, 0.05) is 23.2 Å². The molecule has 4 fully saturated rings. The van der Waals surface area contributed by atoms with E-state index in [0.717, 1.165) is 24.8 Å². The minimum atomic E-state index is -1.06. The summed E-state index contributed by atoms with van der Waals surface area (Å²) in [6, 6.07) is 0. The van der Waals surface area contributed by atoms with E-state index in [-0.39, 0.29) is 28.1 Å². The van der Waals surface area contributed by atoms with Gasteiger partial charge in [-0.1, -0.05) is 19.4 Å². The van der Waals surface area contributed by atoms with Crippen LogP contribution in [0.15, 0.2) is 11.1 Å². The number of ketones is 1. The number of rotatable bonds is 0. The van der Waals surface area contributed by atoms with Gasteiger partial charge < -0.3 is 14.9 Å². The van der Waals surface area contributed by atoms with Crippen molar-refractivity contribution in [3.8, 4) is 0 Å². The quantitative estimate of drug-likeness (QED) is 0.668. The van der Waals surface area contributed by atoms with Crippen LogP contribution in [-0.2, 0) is 9.53 Å². The highest BCUT2D eigenvalue weighted by atomic mass is 16.5. The van der Waals surface area contributed by atoms with Crippen molar-refractivity contribution >= 4 is 5.78 Å². The molecule has 5 rings (SSSR count). The van der Waals surface area contributed by atoms with Crippen molar-refractivity contribution in [3.63, 3.8) is 0 Å². The molecule has 1 saturated heterocycles. The summed E-state index contributed by atoms with van der Waals surface area (Å²) in [6.45, 7) is 9.30. The Bertz CT molecular complexity index is 698. The highest BCUT2D eigenvalue weighted by Crippen LogP contribution is 2.86. The molecule has 5 aliphatic rings. The van der Waals surface area contributed by atoms with Gasteiger partial charge in [-0.3, -0.25) is 4.79 Å². The zero-order valence-corrected chi connectivity index (χ0v) is 15.1. The zero-order valence-electron chi connectivity index (χ0n) is 15.1. The van der Waals surface area contributed by atoms with Gasteiger partial charge in [0.1, 0.15) is 6.10 Å². The first-order chi connectivity index (χ1) is 11.1. The number of hydrogen-bond donors (Lipinski definition) is 2. The summed E-state index contributed by atoms with van der Waals surface area (Å²) >= 11 is 0. The molecule has 1 unspecified atom stereocenters. The predicted molar refractivity (Wildman–Crippen MR) is 88.2 cm³/mol. The second-order valence-electron chi connectivity index (χ2n) is 9.73. The molecule has 4 aliphatic carbocycles. The van der Waals surface area contributed by atoms with Gasteiger partial charge in [0.15, 0.2) is 5.78 Å². The molecule has 0 aromatic heterocycles. The molecular weight excluding hydrogens is 304 g/mol. The molecule has 3 saturated carbocycles. The van der Waals surface area contributed by atoms with Gasteiger partial charge in [-0.15, -0.1) is 0 Å². The summed E-state index contributed by atoms with van der Waals surface area (Å²) in [7, 11) is 0. The molecule has 0 radical (unpaired) electrons. The Morgan fingerprint density at radius 2 is 1.92 bits per heavy atom. The van der Waals surface area contributed by atoms with Crippen LogP contribution in [0.2, 0.25) is 0 Å². The van der Waals surface area contributed by atoms with Crippen LogP contribution in [0.25, 0.3) is 0 Å². The number of carbonyl (C=O) groups excluding carboxylic acids is 1. The fraction of sp³-hybridized carbons (Fsp3) is 0.850. The third-order valence-electron chi connectivity index (χ3n) is 9.47. The molecule has 1 aliphatic heterocycles. The molecule has 1 heterocycles. The maximum atomic E-state index is 13.4. The summed E-state index contributed by atoms with van der Waals surface area (Å²) in [5.41, 5.74) is 0.897. The molecule has 4 nitrogen and oxygen atoms in total. The Kier molecular flexibility index (Phi) is 2.59. The molecule has 0 aromatic carbocycles. The van der Waals surface area contributed by atoms with Gasteiger partial charge in [0.25, 0.3) is 0 Å². The van der Waals surface area contributed by atoms with E-state index in [1.165, 1.54) is 5.57 Å². The molecule has 0 aromatic rings. The van der Waals surface area contributed by atoms with E-state index in [4.69, 9.17) is 4.74 Å². The van der Waals surface area contributed by atoms with E-state index in [1.807, 2.05) is 6.92 Å². The van der Waals surface area contributed by atoms with Crippen molar-refractivity contribution in [2.45, 2.75) is 71.7 Å². The van der Waals surface area contributed by atoms with Crippen molar-refractivity contribution < 1.29 is 19.7 Å². The van der Waals surface area contributed by atoms with Crippen molar-refractivity contribution in [2.24, 2.45) is 27.6 Å². The first-order valence-electron chi connectivity index (χ1n) is 9.37. The van der Waals surface area contributed by atoms with E-state index in [1.54, 1.807) is 0 Å². The lowest BCUT2D eigenvalue weighted by molar-refractivity contribution is -0.369. The molecule has 24 heavy (non-hydrogen) atoms. The van der Waals surface area contributed by atoms with E-state index in [2.05, 4.69) is 20.8 Å². The highest BCUT2D eigenvalue weighted by Gasteiger charge is 2.86. The van der Waals surface area contributed by atoms with Crippen LogP contribution in [0.5, 0.6) is 0 Å². The number of carbonyl (C=O) groups is 1. The summed E-state index contributed by atoms with van der Waals surface area (Å²) in [5, 5.41) is 22.0. The summed E-state index contributed by atoms with van der Waals surface area (Å²) < 4.78 is 5.79. The van der Waals surface area contributed by atoms with E-state index >= 15 is 0 Å². The van der Waals surface area contributed by atoms with Gasteiger partial charge >= 0.3 is 0 Å². The first-order valence-corrected chi connectivity index (χ1v) is 9.37. The Labute approximate surface area is 143 Å². The maximum Gasteiger partial charge on any atom is 0.174 e. The van der Waals surface area contributed by atoms with Crippen LogP contribution >= 0.6 is 0 Å². The lowest BCUT2D eigenvalue weighted by atomic mass is 9.20. The van der Waals surface area contributed by atoms with Crippen LogP contribution in [0, 0.1) is 27.6 Å². The maximum absolute atomic E-state index is 13.4. The number of aliphatic hydroxyl groups excluding tert-OH is 2. The number of fused-ring (bicyclic) bond motifs is 1. The standard InChI is InChI=1S/C20H28O4/c1-10-5-6-17(2)9-20-11-8-24-12(11)7-13(21)18(20,3)16(23)15(22)14(10)19(17,20)4/h11-13,15,21-22H,5-9H2,1-4H3/t11-,12-,13+,15-,17+,18+,19+,20?/m1/s1. The average Bonchev–Trinajstić information content (AvgIpc) is 2.50. The molecule has 1 spiro atoms. The number of ether oxygens (including phenoxy) is 1. The minimum Gasteiger partial charge on any atom is -0.392 e. The topological polar surface area (TPSA) is 66.8 Å². The van der Waals surface area contributed by atoms with Gasteiger partial charge in [0.05, 0.1) is 24.2 Å². The van der Waals surface area contributed by atoms with Crippen LogP contribution in [0.1, 0.15) is 53.4 Å². The number of allylic oxidation sites excluding steroid dienone is 1. The summed E-state index contributed by atoms with van der Waals surface area (Å²) in [5.74, 6) is 0.164. The Morgan fingerprint density at radius 1 is 1.21 bits per heavy atom. The monoisotopic (exact) mass is 332 g/mol. The lowest BCUT2D eigenvalue weighted by Gasteiger charge is -2.84. The number of hydrogen-bond acceptors (Lipinski definition) is 4. The van der Waals surface area contributed by atoms with Crippen LogP contribution in [0.3, 0.4) is 0 Å². The predicted octanol–water partition coefficient (Wildman–Crippen LogP) is 2.23.